The van der Waals surface area contributed by atoms with Crippen LogP contribution in [0.15, 0.2) is 24.3 Å². The van der Waals surface area contributed by atoms with E-state index in [1.165, 1.54) is 4.90 Å². The molecular formula is C14H18N2O4. The maximum Gasteiger partial charge on any atom is 0.323 e. The van der Waals surface area contributed by atoms with E-state index in [-0.39, 0.29) is 17.9 Å². The minimum atomic E-state index is -1.08. The van der Waals surface area contributed by atoms with E-state index in [9.17, 15) is 9.59 Å². The smallest absolute Gasteiger partial charge is 0.323 e. The van der Waals surface area contributed by atoms with Crippen LogP contribution in [-0.2, 0) is 14.3 Å². The van der Waals surface area contributed by atoms with Gasteiger partial charge in [0.2, 0.25) is 5.91 Å². The monoisotopic (exact) mass is 278 g/mol. The van der Waals surface area contributed by atoms with Gasteiger partial charge in [-0.25, -0.2) is 0 Å². The molecule has 0 bridgehead atoms. The van der Waals surface area contributed by atoms with Gasteiger partial charge in [-0.05, 0) is 25.5 Å². The van der Waals surface area contributed by atoms with Crippen molar-refractivity contribution in [3.8, 4) is 0 Å². The first-order chi connectivity index (χ1) is 9.49. The number of carboxylic acid groups (broad SMARTS) is 1. The molecule has 20 heavy (non-hydrogen) atoms. The van der Waals surface area contributed by atoms with E-state index in [1.807, 2.05) is 6.92 Å². The Kier molecular flexibility index (Phi) is 4.24. The normalized spacial score (nSPS) is 21.6. The summed E-state index contributed by atoms with van der Waals surface area (Å²) in [6.07, 6.45) is 0.616. The van der Waals surface area contributed by atoms with E-state index < -0.39 is 12.5 Å². The van der Waals surface area contributed by atoms with Crippen LogP contribution in [0.3, 0.4) is 0 Å². The highest BCUT2D eigenvalue weighted by Gasteiger charge is 2.33. The predicted octanol–water partition coefficient (Wildman–Crippen LogP) is 1.11. The Labute approximate surface area is 117 Å². The largest absolute Gasteiger partial charge is 0.480 e. The fraction of sp³-hybridized carbons (Fsp3) is 0.429. The van der Waals surface area contributed by atoms with Crippen molar-refractivity contribution < 1.29 is 19.4 Å². The molecule has 1 heterocycles. The van der Waals surface area contributed by atoms with Crippen LogP contribution in [0.4, 0.5) is 11.4 Å². The molecule has 0 radical (unpaired) electrons. The Morgan fingerprint density at radius 2 is 2.15 bits per heavy atom. The lowest BCUT2D eigenvalue weighted by molar-refractivity contribution is -0.137. The summed E-state index contributed by atoms with van der Waals surface area (Å²) in [7, 11) is 0. The lowest BCUT2D eigenvalue weighted by atomic mass is 10.0. The first kappa shape index (κ1) is 14.3. The zero-order chi connectivity index (χ0) is 14.7. The van der Waals surface area contributed by atoms with Gasteiger partial charge < -0.3 is 15.6 Å². The number of amides is 1. The molecule has 2 unspecified atom stereocenters. The topological polar surface area (TPSA) is 92.9 Å². The van der Waals surface area contributed by atoms with Crippen molar-refractivity contribution in [3.05, 3.63) is 24.3 Å². The number of ether oxygens (including phenoxy) is 1. The number of nitrogen functional groups attached to an aromatic ring is 1. The molecule has 1 aromatic rings. The summed E-state index contributed by atoms with van der Waals surface area (Å²) in [5, 5.41) is 9.01. The van der Waals surface area contributed by atoms with Gasteiger partial charge in [0, 0.05) is 0 Å². The van der Waals surface area contributed by atoms with E-state index in [1.54, 1.807) is 24.3 Å². The molecule has 2 atom stereocenters. The third kappa shape index (κ3) is 3.08. The molecule has 0 spiro atoms. The minimum absolute atomic E-state index is 0.0174. The van der Waals surface area contributed by atoms with Crippen LogP contribution < -0.4 is 10.6 Å². The minimum Gasteiger partial charge on any atom is -0.480 e. The highest BCUT2D eigenvalue weighted by Crippen LogP contribution is 2.27. The third-order valence-electron chi connectivity index (χ3n) is 3.33. The number of carboxylic acids is 1. The molecule has 1 aromatic carbocycles. The van der Waals surface area contributed by atoms with Crippen LogP contribution in [0.1, 0.15) is 13.3 Å². The molecule has 0 saturated carbocycles. The van der Waals surface area contributed by atoms with E-state index in [0.29, 0.717) is 24.4 Å². The summed E-state index contributed by atoms with van der Waals surface area (Å²) in [5.41, 5.74) is 6.66. The van der Waals surface area contributed by atoms with Gasteiger partial charge in [-0.3, -0.25) is 14.5 Å². The standard InChI is InChI=1S/C14H18N2O4/c1-9-6-10(8-20-9)14(19)16(7-13(17)18)12-5-3-2-4-11(12)15/h2-5,9-10H,6-8,15H2,1H3,(H,17,18). The first-order valence-electron chi connectivity index (χ1n) is 6.48. The number of aliphatic carboxylic acids is 1. The average Bonchev–Trinajstić information content (AvgIpc) is 2.82. The summed E-state index contributed by atoms with van der Waals surface area (Å²) >= 11 is 0. The van der Waals surface area contributed by atoms with Gasteiger partial charge in [-0.2, -0.15) is 0 Å². The lowest BCUT2D eigenvalue weighted by Crippen LogP contribution is -2.40. The Bertz CT molecular complexity index is 518. The van der Waals surface area contributed by atoms with Gasteiger partial charge in [-0.15, -0.1) is 0 Å². The van der Waals surface area contributed by atoms with Crippen molar-refractivity contribution in [2.75, 3.05) is 23.8 Å². The Morgan fingerprint density at radius 1 is 1.45 bits per heavy atom. The van der Waals surface area contributed by atoms with E-state index >= 15 is 0 Å². The molecule has 0 aromatic heterocycles. The van der Waals surface area contributed by atoms with Crippen LogP contribution in [0, 0.1) is 5.92 Å². The molecule has 108 valence electrons. The fourth-order valence-electron chi connectivity index (χ4n) is 2.36. The van der Waals surface area contributed by atoms with Crippen LogP contribution in [0.5, 0.6) is 0 Å². The van der Waals surface area contributed by atoms with E-state index in [4.69, 9.17) is 15.6 Å². The van der Waals surface area contributed by atoms with Crippen LogP contribution in [0.25, 0.3) is 0 Å². The third-order valence-corrected chi connectivity index (χ3v) is 3.33. The van der Waals surface area contributed by atoms with E-state index in [2.05, 4.69) is 0 Å². The van der Waals surface area contributed by atoms with Gasteiger partial charge in [-0.1, -0.05) is 12.1 Å². The number of benzene rings is 1. The maximum atomic E-state index is 12.5. The van der Waals surface area contributed by atoms with Crippen LogP contribution in [-0.4, -0.2) is 36.2 Å². The summed E-state index contributed by atoms with van der Waals surface area (Å²) in [5.74, 6) is -1.65. The number of para-hydroxylation sites is 2. The van der Waals surface area contributed by atoms with Crippen molar-refractivity contribution in [1.29, 1.82) is 0 Å². The SMILES string of the molecule is CC1CC(C(=O)N(CC(=O)O)c2ccccc2N)CO1. The number of carbonyl (C=O) groups is 2. The molecule has 1 aliphatic rings. The number of carbonyl (C=O) groups excluding carboxylic acids is 1. The number of rotatable bonds is 4. The van der Waals surface area contributed by atoms with Crippen molar-refractivity contribution in [2.24, 2.45) is 5.92 Å². The molecule has 2 rings (SSSR count). The zero-order valence-electron chi connectivity index (χ0n) is 11.3. The highest BCUT2D eigenvalue weighted by atomic mass is 16.5. The van der Waals surface area contributed by atoms with Gasteiger partial charge in [0.25, 0.3) is 0 Å². The Balaban J connectivity index is 2.26. The number of nitrogens with zero attached hydrogens (tertiary/aromatic N) is 1. The van der Waals surface area contributed by atoms with Crippen molar-refractivity contribution in [2.45, 2.75) is 19.4 Å². The number of hydrogen-bond acceptors (Lipinski definition) is 4. The highest BCUT2D eigenvalue weighted by molar-refractivity contribution is 6.01. The second-order valence-corrected chi connectivity index (χ2v) is 4.95. The zero-order valence-corrected chi connectivity index (χ0v) is 11.3. The quantitative estimate of drug-likeness (QED) is 0.805. The van der Waals surface area contributed by atoms with Crippen molar-refractivity contribution in [3.63, 3.8) is 0 Å². The molecule has 6 heteroatoms. The summed E-state index contributed by atoms with van der Waals surface area (Å²) < 4.78 is 5.38. The lowest BCUT2D eigenvalue weighted by Gasteiger charge is -2.24. The maximum absolute atomic E-state index is 12.5. The molecule has 1 amide bonds. The molecular weight excluding hydrogens is 260 g/mol. The fourth-order valence-corrected chi connectivity index (χ4v) is 2.36. The molecule has 0 aliphatic carbocycles. The molecule has 1 saturated heterocycles. The van der Waals surface area contributed by atoms with Crippen molar-refractivity contribution in [1.82, 2.24) is 0 Å². The first-order valence-corrected chi connectivity index (χ1v) is 6.48. The molecule has 1 aliphatic heterocycles. The Morgan fingerprint density at radius 3 is 2.70 bits per heavy atom. The second kappa shape index (κ2) is 5.92. The molecule has 6 nitrogen and oxygen atoms in total. The Hall–Kier alpha value is -2.08. The average molecular weight is 278 g/mol. The number of anilines is 2. The summed E-state index contributed by atoms with van der Waals surface area (Å²) in [4.78, 5) is 24.7. The van der Waals surface area contributed by atoms with Crippen LogP contribution in [0.2, 0.25) is 0 Å². The van der Waals surface area contributed by atoms with Gasteiger partial charge in [0.1, 0.15) is 6.54 Å². The second-order valence-electron chi connectivity index (χ2n) is 4.95. The van der Waals surface area contributed by atoms with Crippen LogP contribution >= 0.6 is 0 Å². The number of hydrogen-bond donors (Lipinski definition) is 2. The van der Waals surface area contributed by atoms with Gasteiger partial charge >= 0.3 is 5.97 Å². The molecule has 3 N–H and O–H groups in total. The summed E-state index contributed by atoms with van der Waals surface area (Å²) in [6, 6.07) is 6.76. The number of nitrogens with two attached hydrogens (primary N) is 1. The predicted molar refractivity (Wildman–Crippen MR) is 74.4 cm³/mol. The van der Waals surface area contributed by atoms with Gasteiger partial charge in [0.05, 0.1) is 30.0 Å². The van der Waals surface area contributed by atoms with Crippen molar-refractivity contribution >= 4 is 23.3 Å². The molecule has 1 fully saturated rings. The summed E-state index contributed by atoms with van der Waals surface area (Å²) in [6.45, 7) is 1.81. The van der Waals surface area contributed by atoms with Gasteiger partial charge in [0.15, 0.2) is 0 Å². The van der Waals surface area contributed by atoms with E-state index in [0.717, 1.165) is 0 Å².